The van der Waals surface area contributed by atoms with Crippen molar-refractivity contribution in [3.63, 3.8) is 0 Å². The average Bonchev–Trinajstić information content (AvgIpc) is 2.66. The highest BCUT2D eigenvalue weighted by Gasteiger charge is 2.19. The van der Waals surface area contributed by atoms with Gasteiger partial charge in [-0.2, -0.15) is 5.10 Å². The molecule has 1 heterocycles. The summed E-state index contributed by atoms with van der Waals surface area (Å²) in [6, 6.07) is 14.9. The van der Waals surface area contributed by atoms with Gasteiger partial charge in [0, 0.05) is 11.6 Å². The molecular formula is C20H17Cl2N3O2. The van der Waals surface area contributed by atoms with Crippen LogP contribution in [0.5, 0.6) is 0 Å². The molecule has 1 atom stereocenters. The van der Waals surface area contributed by atoms with E-state index < -0.39 is 11.9 Å². The fourth-order valence-corrected chi connectivity index (χ4v) is 2.88. The van der Waals surface area contributed by atoms with E-state index in [1.54, 1.807) is 31.2 Å². The molecule has 1 N–H and O–H groups in total. The largest absolute Gasteiger partial charge is 0.323 e. The lowest BCUT2D eigenvalue weighted by molar-refractivity contribution is -0.119. The van der Waals surface area contributed by atoms with E-state index in [2.05, 4.69) is 10.4 Å². The Hall–Kier alpha value is -2.63. The van der Waals surface area contributed by atoms with Gasteiger partial charge in [-0.25, -0.2) is 4.68 Å². The van der Waals surface area contributed by atoms with Crippen LogP contribution in [0.1, 0.15) is 18.5 Å². The number of amides is 1. The van der Waals surface area contributed by atoms with Crippen LogP contribution < -0.4 is 10.9 Å². The summed E-state index contributed by atoms with van der Waals surface area (Å²) in [4.78, 5) is 24.9. The molecule has 0 aliphatic heterocycles. The lowest BCUT2D eigenvalue weighted by atomic mass is 10.1. The molecule has 1 amide bonds. The van der Waals surface area contributed by atoms with E-state index in [1.165, 1.54) is 6.07 Å². The predicted molar refractivity (Wildman–Crippen MR) is 108 cm³/mol. The van der Waals surface area contributed by atoms with Crippen molar-refractivity contribution in [1.82, 2.24) is 9.78 Å². The Labute approximate surface area is 166 Å². The summed E-state index contributed by atoms with van der Waals surface area (Å²) in [6.45, 7) is 3.59. The summed E-state index contributed by atoms with van der Waals surface area (Å²) < 4.78 is 1.16. The molecule has 3 aromatic rings. The van der Waals surface area contributed by atoms with Gasteiger partial charge in [-0.3, -0.25) is 9.59 Å². The van der Waals surface area contributed by atoms with Gasteiger partial charge in [-0.15, -0.1) is 0 Å². The molecule has 1 unspecified atom stereocenters. The molecule has 2 aromatic carbocycles. The summed E-state index contributed by atoms with van der Waals surface area (Å²) in [6.07, 6.45) is 0. The highest BCUT2D eigenvalue weighted by Crippen LogP contribution is 2.30. The highest BCUT2D eigenvalue weighted by molar-refractivity contribution is 6.44. The van der Waals surface area contributed by atoms with E-state index in [1.807, 2.05) is 31.2 Å². The molecule has 0 radical (unpaired) electrons. The second-order valence-electron chi connectivity index (χ2n) is 6.13. The number of hydrogen-bond donors (Lipinski definition) is 1. The molecule has 0 aliphatic carbocycles. The van der Waals surface area contributed by atoms with Crippen molar-refractivity contribution in [3.8, 4) is 11.3 Å². The third kappa shape index (κ3) is 4.21. The van der Waals surface area contributed by atoms with Crippen LogP contribution in [0.3, 0.4) is 0 Å². The van der Waals surface area contributed by atoms with Gasteiger partial charge >= 0.3 is 0 Å². The van der Waals surface area contributed by atoms with Crippen molar-refractivity contribution in [1.29, 1.82) is 0 Å². The molecule has 0 saturated heterocycles. The first-order valence-corrected chi connectivity index (χ1v) is 9.04. The maximum absolute atomic E-state index is 12.6. The van der Waals surface area contributed by atoms with Crippen molar-refractivity contribution >= 4 is 34.8 Å². The number of benzene rings is 2. The maximum Gasteiger partial charge on any atom is 0.267 e. The van der Waals surface area contributed by atoms with Crippen LogP contribution in [0.25, 0.3) is 11.3 Å². The Bertz CT molecular complexity index is 1050. The van der Waals surface area contributed by atoms with Gasteiger partial charge in [0.25, 0.3) is 5.56 Å². The molecule has 0 aliphatic rings. The van der Waals surface area contributed by atoms with E-state index in [0.717, 1.165) is 15.8 Å². The zero-order valence-corrected chi connectivity index (χ0v) is 16.3. The third-order valence-corrected chi connectivity index (χ3v) is 4.95. The first kappa shape index (κ1) is 19.1. The van der Waals surface area contributed by atoms with E-state index in [-0.39, 0.29) is 10.6 Å². The molecule has 27 heavy (non-hydrogen) atoms. The molecule has 0 bridgehead atoms. The zero-order chi connectivity index (χ0) is 19.6. The summed E-state index contributed by atoms with van der Waals surface area (Å²) >= 11 is 12.1. The maximum atomic E-state index is 12.6. The molecule has 7 heteroatoms. The fourth-order valence-electron chi connectivity index (χ4n) is 2.53. The molecule has 5 nitrogen and oxygen atoms in total. The van der Waals surface area contributed by atoms with Crippen LogP contribution in [0, 0.1) is 6.92 Å². The number of aryl methyl sites for hydroxylation is 1. The van der Waals surface area contributed by atoms with E-state index in [0.29, 0.717) is 16.4 Å². The Morgan fingerprint density at radius 3 is 2.48 bits per heavy atom. The number of carbonyl (C=O) groups excluding carboxylic acids is 1. The van der Waals surface area contributed by atoms with Crippen LogP contribution in [0.15, 0.2) is 59.4 Å². The number of halogens is 2. The van der Waals surface area contributed by atoms with Crippen molar-refractivity contribution < 1.29 is 4.79 Å². The van der Waals surface area contributed by atoms with Crippen LogP contribution in [-0.4, -0.2) is 15.7 Å². The highest BCUT2D eigenvalue weighted by atomic mass is 35.5. The molecule has 138 valence electrons. The number of carbonyl (C=O) groups is 1. The standard InChI is InChI=1S/C20H17Cl2N3O2/c1-12-6-8-14(9-7-12)16-10-11-18(26)25(24-16)13(2)20(27)23-17-5-3-4-15(21)19(17)22/h3-11,13H,1-2H3,(H,23,27). The van der Waals surface area contributed by atoms with Gasteiger partial charge < -0.3 is 5.32 Å². The molecule has 3 rings (SSSR count). The van der Waals surface area contributed by atoms with E-state index in [9.17, 15) is 9.59 Å². The Balaban J connectivity index is 1.89. The first-order valence-electron chi connectivity index (χ1n) is 8.28. The van der Waals surface area contributed by atoms with Crippen LogP contribution >= 0.6 is 23.2 Å². The normalized spacial score (nSPS) is 11.9. The Kier molecular flexibility index (Phi) is 5.63. The molecule has 0 fully saturated rings. The lowest BCUT2D eigenvalue weighted by Gasteiger charge is -2.16. The summed E-state index contributed by atoms with van der Waals surface area (Å²) in [5, 5.41) is 7.62. The number of nitrogens with zero attached hydrogens (tertiary/aromatic N) is 2. The van der Waals surface area contributed by atoms with Gasteiger partial charge in [0.15, 0.2) is 0 Å². The van der Waals surface area contributed by atoms with Crippen molar-refractivity contribution in [2.75, 3.05) is 5.32 Å². The average molecular weight is 402 g/mol. The minimum absolute atomic E-state index is 0.244. The first-order chi connectivity index (χ1) is 12.9. The summed E-state index contributed by atoms with van der Waals surface area (Å²) in [5.41, 5.74) is 2.60. The number of aromatic nitrogens is 2. The number of nitrogens with one attached hydrogen (secondary N) is 1. The van der Waals surface area contributed by atoms with Gasteiger partial charge in [0.2, 0.25) is 5.91 Å². The van der Waals surface area contributed by atoms with Crippen LogP contribution in [-0.2, 0) is 4.79 Å². The molecular weight excluding hydrogens is 385 g/mol. The summed E-state index contributed by atoms with van der Waals surface area (Å²) in [7, 11) is 0. The minimum Gasteiger partial charge on any atom is -0.323 e. The topological polar surface area (TPSA) is 64.0 Å². The van der Waals surface area contributed by atoms with Crippen molar-refractivity contribution in [2.24, 2.45) is 0 Å². The number of hydrogen-bond acceptors (Lipinski definition) is 3. The van der Waals surface area contributed by atoms with Crippen LogP contribution in [0.2, 0.25) is 10.0 Å². The zero-order valence-electron chi connectivity index (χ0n) is 14.7. The Morgan fingerprint density at radius 1 is 1.07 bits per heavy atom. The van der Waals surface area contributed by atoms with E-state index in [4.69, 9.17) is 23.2 Å². The SMILES string of the molecule is Cc1ccc(-c2ccc(=O)n(C(C)C(=O)Nc3cccc(Cl)c3Cl)n2)cc1. The number of anilines is 1. The van der Waals surface area contributed by atoms with Gasteiger partial charge in [-0.05, 0) is 32.0 Å². The van der Waals surface area contributed by atoms with Gasteiger partial charge in [0.1, 0.15) is 6.04 Å². The number of rotatable bonds is 4. The third-order valence-electron chi connectivity index (χ3n) is 4.13. The predicted octanol–water partition coefficient (Wildman–Crippen LogP) is 4.73. The summed E-state index contributed by atoms with van der Waals surface area (Å²) in [5.74, 6) is -0.421. The Morgan fingerprint density at radius 2 is 1.78 bits per heavy atom. The van der Waals surface area contributed by atoms with Crippen molar-refractivity contribution in [2.45, 2.75) is 19.9 Å². The second kappa shape index (κ2) is 7.94. The quantitative estimate of drug-likeness (QED) is 0.687. The molecule has 0 spiro atoms. The van der Waals surface area contributed by atoms with Gasteiger partial charge in [0.05, 0.1) is 21.4 Å². The fraction of sp³-hybridized carbons (Fsp3) is 0.150. The van der Waals surface area contributed by atoms with Crippen molar-refractivity contribution in [3.05, 3.63) is 80.6 Å². The second-order valence-corrected chi connectivity index (χ2v) is 6.92. The minimum atomic E-state index is -0.835. The lowest BCUT2D eigenvalue weighted by Crippen LogP contribution is -2.33. The molecule has 0 saturated carbocycles. The van der Waals surface area contributed by atoms with E-state index >= 15 is 0 Å². The van der Waals surface area contributed by atoms with Crippen LogP contribution in [0.4, 0.5) is 5.69 Å². The van der Waals surface area contributed by atoms with Gasteiger partial charge in [-0.1, -0.05) is 59.1 Å². The monoisotopic (exact) mass is 401 g/mol. The smallest absolute Gasteiger partial charge is 0.267 e. The molecule has 1 aromatic heterocycles.